The molecule has 1 aliphatic rings. The normalized spacial score (nSPS) is 18.1. The first-order valence-corrected chi connectivity index (χ1v) is 10.4. The van der Waals surface area contributed by atoms with Gasteiger partial charge in [-0.1, -0.05) is 24.3 Å². The van der Waals surface area contributed by atoms with E-state index in [1.807, 2.05) is 44.4 Å². The molecule has 2 atom stereocenters. The van der Waals surface area contributed by atoms with E-state index in [0.717, 1.165) is 34.3 Å². The number of fused-ring (bicyclic) bond motifs is 3. The molecule has 2 N–H and O–H groups in total. The van der Waals surface area contributed by atoms with Gasteiger partial charge in [0.1, 0.15) is 12.6 Å². The number of H-pyrrole nitrogens is 1. The summed E-state index contributed by atoms with van der Waals surface area (Å²) >= 11 is 0. The van der Waals surface area contributed by atoms with Gasteiger partial charge in [-0.15, -0.1) is 0 Å². The second-order valence-corrected chi connectivity index (χ2v) is 8.00. The fraction of sp³-hybridized carbons (Fsp3) is 0.375. The minimum Gasteiger partial charge on any atom is -0.493 e. The Balaban J connectivity index is 1.71. The standard InChI is InChI=1S/C24H29N3O4/c1-27(2)11-12-31-20-10-9-15(13-21(20)29-3)22-23-17(14-19(26-22)24(28)30-4)16-7-5-6-8-18(16)25-23/h5-10,13,19,22,25-26H,11-12,14H2,1-4H3. The average molecular weight is 424 g/mol. The molecule has 2 aromatic carbocycles. The highest BCUT2D eigenvalue weighted by molar-refractivity contribution is 5.87. The van der Waals surface area contributed by atoms with Crippen molar-refractivity contribution in [1.82, 2.24) is 15.2 Å². The lowest BCUT2D eigenvalue weighted by atomic mass is 9.90. The number of hydrogen-bond acceptors (Lipinski definition) is 6. The number of nitrogens with zero attached hydrogens (tertiary/aromatic N) is 1. The molecule has 0 bridgehead atoms. The predicted octanol–water partition coefficient (Wildman–Crippen LogP) is 2.89. The number of carbonyl (C=O) groups excluding carboxylic acids is 1. The molecular formula is C24H29N3O4. The third-order valence-corrected chi connectivity index (χ3v) is 5.71. The van der Waals surface area contributed by atoms with Crippen LogP contribution in [-0.2, 0) is 16.0 Å². The van der Waals surface area contributed by atoms with E-state index in [-0.39, 0.29) is 12.0 Å². The number of aromatic nitrogens is 1. The number of nitrogens with one attached hydrogen (secondary N) is 2. The lowest BCUT2D eigenvalue weighted by Gasteiger charge is -2.30. The van der Waals surface area contributed by atoms with E-state index < -0.39 is 6.04 Å². The van der Waals surface area contributed by atoms with Crippen molar-refractivity contribution >= 4 is 16.9 Å². The third-order valence-electron chi connectivity index (χ3n) is 5.71. The molecule has 7 nitrogen and oxygen atoms in total. The number of aromatic amines is 1. The molecule has 164 valence electrons. The second kappa shape index (κ2) is 8.99. The quantitative estimate of drug-likeness (QED) is 0.569. The van der Waals surface area contributed by atoms with Gasteiger partial charge in [-0.05, 0) is 43.4 Å². The topological polar surface area (TPSA) is 75.8 Å². The van der Waals surface area contributed by atoms with Crippen LogP contribution in [0, 0.1) is 0 Å². The van der Waals surface area contributed by atoms with Crippen molar-refractivity contribution in [2.24, 2.45) is 0 Å². The van der Waals surface area contributed by atoms with Crippen LogP contribution in [0.15, 0.2) is 42.5 Å². The summed E-state index contributed by atoms with van der Waals surface area (Å²) in [6, 6.07) is 13.4. The smallest absolute Gasteiger partial charge is 0.323 e. The molecule has 31 heavy (non-hydrogen) atoms. The van der Waals surface area contributed by atoms with Gasteiger partial charge in [0.25, 0.3) is 0 Å². The summed E-state index contributed by atoms with van der Waals surface area (Å²) in [5.41, 5.74) is 4.24. The van der Waals surface area contributed by atoms with Crippen molar-refractivity contribution in [2.75, 3.05) is 41.5 Å². The molecule has 1 aromatic heterocycles. The second-order valence-electron chi connectivity index (χ2n) is 8.00. The van der Waals surface area contributed by atoms with Crippen molar-refractivity contribution in [2.45, 2.75) is 18.5 Å². The van der Waals surface area contributed by atoms with E-state index >= 15 is 0 Å². The molecule has 0 spiro atoms. The van der Waals surface area contributed by atoms with Gasteiger partial charge in [0, 0.05) is 29.6 Å². The number of hydrogen-bond donors (Lipinski definition) is 2. The lowest BCUT2D eigenvalue weighted by molar-refractivity contribution is -0.143. The lowest BCUT2D eigenvalue weighted by Crippen LogP contribution is -2.45. The Hall–Kier alpha value is -3.03. The van der Waals surface area contributed by atoms with Crippen LogP contribution in [0.1, 0.15) is 22.9 Å². The first-order valence-electron chi connectivity index (χ1n) is 10.4. The molecule has 0 fully saturated rings. The van der Waals surface area contributed by atoms with Gasteiger partial charge in [0.15, 0.2) is 11.5 Å². The molecule has 2 unspecified atom stereocenters. The zero-order valence-corrected chi connectivity index (χ0v) is 18.4. The summed E-state index contributed by atoms with van der Waals surface area (Å²) in [5.74, 6) is 1.10. The number of benzene rings is 2. The van der Waals surface area contributed by atoms with E-state index in [2.05, 4.69) is 27.3 Å². The molecule has 7 heteroatoms. The van der Waals surface area contributed by atoms with Crippen molar-refractivity contribution in [3.05, 3.63) is 59.3 Å². The maximum atomic E-state index is 12.4. The van der Waals surface area contributed by atoms with Crippen molar-refractivity contribution in [3.8, 4) is 11.5 Å². The van der Waals surface area contributed by atoms with Gasteiger partial charge in [-0.2, -0.15) is 0 Å². The van der Waals surface area contributed by atoms with Crippen LogP contribution >= 0.6 is 0 Å². The predicted molar refractivity (Wildman–Crippen MR) is 120 cm³/mol. The number of esters is 1. The Bertz CT molecular complexity index is 1080. The molecule has 2 heterocycles. The van der Waals surface area contributed by atoms with Crippen LogP contribution in [0.5, 0.6) is 11.5 Å². The monoisotopic (exact) mass is 423 g/mol. The van der Waals surface area contributed by atoms with E-state index in [9.17, 15) is 4.79 Å². The number of rotatable bonds is 7. The molecule has 1 aliphatic heterocycles. The summed E-state index contributed by atoms with van der Waals surface area (Å²) in [6.07, 6.45) is 0.575. The Morgan fingerprint density at radius 1 is 1.13 bits per heavy atom. The zero-order chi connectivity index (χ0) is 22.0. The van der Waals surface area contributed by atoms with Gasteiger partial charge in [0.05, 0.1) is 20.3 Å². The molecule has 0 saturated carbocycles. The van der Waals surface area contributed by atoms with Crippen LogP contribution in [-0.4, -0.2) is 63.4 Å². The Kier molecular flexibility index (Phi) is 6.15. The molecule has 0 saturated heterocycles. The maximum absolute atomic E-state index is 12.4. The van der Waals surface area contributed by atoms with Crippen molar-refractivity contribution in [1.29, 1.82) is 0 Å². The third kappa shape index (κ3) is 4.24. The van der Waals surface area contributed by atoms with Gasteiger partial charge in [-0.3, -0.25) is 10.1 Å². The van der Waals surface area contributed by atoms with Crippen LogP contribution in [0.3, 0.4) is 0 Å². The molecule has 4 rings (SSSR count). The van der Waals surface area contributed by atoms with E-state index in [1.54, 1.807) is 7.11 Å². The minimum absolute atomic E-state index is 0.204. The van der Waals surface area contributed by atoms with Crippen LogP contribution < -0.4 is 14.8 Å². The maximum Gasteiger partial charge on any atom is 0.323 e. The highest BCUT2D eigenvalue weighted by Gasteiger charge is 2.34. The summed E-state index contributed by atoms with van der Waals surface area (Å²) in [5, 5.41) is 4.59. The summed E-state index contributed by atoms with van der Waals surface area (Å²) in [4.78, 5) is 18.0. The number of para-hydroxylation sites is 1. The number of ether oxygens (including phenoxy) is 3. The van der Waals surface area contributed by atoms with Crippen molar-refractivity contribution < 1.29 is 19.0 Å². The Morgan fingerprint density at radius 3 is 2.68 bits per heavy atom. The molecule has 0 amide bonds. The summed E-state index contributed by atoms with van der Waals surface area (Å²) < 4.78 is 16.6. The summed E-state index contributed by atoms with van der Waals surface area (Å²) in [7, 11) is 7.08. The molecule has 3 aromatic rings. The van der Waals surface area contributed by atoms with Crippen LogP contribution in [0.4, 0.5) is 0 Å². The van der Waals surface area contributed by atoms with E-state index in [4.69, 9.17) is 14.2 Å². The van der Waals surface area contributed by atoms with Gasteiger partial charge >= 0.3 is 5.97 Å². The number of likely N-dealkylation sites (N-methyl/N-ethyl adjacent to an activating group) is 1. The summed E-state index contributed by atoms with van der Waals surface area (Å²) in [6.45, 7) is 1.38. The highest BCUT2D eigenvalue weighted by Crippen LogP contribution is 2.38. The average Bonchev–Trinajstić information content (AvgIpc) is 3.16. The zero-order valence-electron chi connectivity index (χ0n) is 18.4. The number of carbonyl (C=O) groups is 1. The highest BCUT2D eigenvalue weighted by atomic mass is 16.5. The fourth-order valence-corrected chi connectivity index (χ4v) is 4.11. The van der Waals surface area contributed by atoms with Gasteiger partial charge in [-0.25, -0.2) is 0 Å². The minimum atomic E-state index is -0.427. The van der Waals surface area contributed by atoms with Crippen molar-refractivity contribution in [3.63, 3.8) is 0 Å². The SMILES string of the molecule is COC(=O)C1Cc2c([nH]c3ccccc23)C(c2ccc(OCCN(C)C)c(OC)c2)N1. The molecule has 0 aliphatic carbocycles. The largest absolute Gasteiger partial charge is 0.493 e. The van der Waals surface area contributed by atoms with Gasteiger partial charge < -0.3 is 24.1 Å². The number of methoxy groups -OCH3 is 2. The van der Waals surface area contributed by atoms with Gasteiger partial charge in [0.2, 0.25) is 0 Å². The fourth-order valence-electron chi connectivity index (χ4n) is 4.11. The molecular weight excluding hydrogens is 394 g/mol. The van der Waals surface area contributed by atoms with Crippen LogP contribution in [0.2, 0.25) is 0 Å². The Labute approximate surface area is 182 Å². The van der Waals surface area contributed by atoms with Crippen LogP contribution in [0.25, 0.3) is 10.9 Å². The molecule has 0 radical (unpaired) electrons. The first-order chi connectivity index (χ1) is 15.0. The van der Waals surface area contributed by atoms with E-state index in [1.165, 1.54) is 7.11 Å². The Morgan fingerprint density at radius 2 is 1.94 bits per heavy atom. The van der Waals surface area contributed by atoms with E-state index in [0.29, 0.717) is 24.5 Å². The first kappa shape index (κ1) is 21.2.